The summed E-state index contributed by atoms with van der Waals surface area (Å²) < 4.78 is 7.02. The molecule has 0 amide bonds. The van der Waals surface area contributed by atoms with Crippen molar-refractivity contribution in [1.82, 2.24) is 24.9 Å². The number of hydrogen-bond acceptors (Lipinski definition) is 6. The van der Waals surface area contributed by atoms with Crippen molar-refractivity contribution in [2.24, 2.45) is 0 Å². The van der Waals surface area contributed by atoms with Gasteiger partial charge in [0.2, 0.25) is 16.9 Å². The number of nitrogens with zero attached hydrogens (tertiary/aromatic N) is 5. The molecule has 0 bridgehead atoms. The minimum atomic E-state index is 0.499. The van der Waals surface area contributed by atoms with Gasteiger partial charge in [-0.25, -0.2) is 9.67 Å². The van der Waals surface area contributed by atoms with Crippen molar-refractivity contribution in [3.8, 4) is 17.1 Å². The van der Waals surface area contributed by atoms with Crippen LogP contribution in [0.15, 0.2) is 70.6 Å². The van der Waals surface area contributed by atoms with E-state index in [0.29, 0.717) is 27.6 Å². The summed E-state index contributed by atoms with van der Waals surface area (Å²) in [6.07, 6.45) is 1.69. The van der Waals surface area contributed by atoms with Crippen molar-refractivity contribution in [3.05, 3.63) is 71.8 Å². The minimum absolute atomic E-state index is 0.499. The fourth-order valence-electron chi connectivity index (χ4n) is 2.18. The van der Waals surface area contributed by atoms with Gasteiger partial charge in [-0.15, -0.1) is 5.10 Å². The monoisotopic (exact) mass is 369 g/mol. The molecule has 0 unspecified atom stereocenters. The Kier molecular flexibility index (Phi) is 4.49. The number of halogens is 1. The molecule has 0 radical (unpaired) electrons. The summed E-state index contributed by atoms with van der Waals surface area (Å²) in [6.45, 7) is 0. The van der Waals surface area contributed by atoms with Gasteiger partial charge in [0.1, 0.15) is 6.33 Å². The van der Waals surface area contributed by atoms with Crippen molar-refractivity contribution in [2.45, 2.75) is 10.9 Å². The SMILES string of the molecule is Clc1ccc(-c2noc(CSc3ncn(-c4ccccc4)n3)n2)cc1. The summed E-state index contributed by atoms with van der Waals surface area (Å²) in [4.78, 5) is 8.68. The number of benzene rings is 2. The third-order valence-electron chi connectivity index (χ3n) is 3.39. The van der Waals surface area contributed by atoms with Crippen molar-refractivity contribution in [1.29, 1.82) is 0 Å². The molecule has 0 saturated carbocycles. The number of para-hydroxylation sites is 1. The zero-order valence-corrected chi connectivity index (χ0v) is 14.5. The first kappa shape index (κ1) is 15.9. The molecule has 4 aromatic rings. The third-order valence-corrected chi connectivity index (χ3v) is 4.48. The van der Waals surface area contributed by atoms with E-state index in [1.807, 2.05) is 42.5 Å². The van der Waals surface area contributed by atoms with E-state index in [9.17, 15) is 0 Å². The van der Waals surface area contributed by atoms with Gasteiger partial charge in [-0.3, -0.25) is 0 Å². The van der Waals surface area contributed by atoms with Crippen LogP contribution < -0.4 is 0 Å². The highest BCUT2D eigenvalue weighted by Gasteiger charge is 2.11. The molecule has 0 saturated heterocycles. The van der Waals surface area contributed by atoms with E-state index in [2.05, 4.69) is 20.2 Å². The first-order chi connectivity index (χ1) is 12.3. The predicted molar refractivity (Wildman–Crippen MR) is 95.7 cm³/mol. The van der Waals surface area contributed by atoms with Gasteiger partial charge in [0.15, 0.2) is 0 Å². The molecular weight excluding hydrogens is 358 g/mol. The topological polar surface area (TPSA) is 69.6 Å². The molecule has 0 aliphatic heterocycles. The number of hydrogen-bond donors (Lipinski definition) is 0. The number of aromatic nitrogens is 5. The third kappa shape index (κ3) is 3.72. The standard InChI is InChI=1S/C17H12ClN5OS/c18-13-8-6-12(7-9-13)16-20-15(24-22-16)10-25-17-19-11-23(21-17)14-4-2-1-3-5-14/h1-9,11H,10H2. The molecule has 124 valence electrons. The number of rotatable bonds is 5. The largest absolute Gasteiger partial charge is 0.338 e. The number of thioether (sulfide) groups is 1. The highest BCUT2D eigenvalue weighted by molar-refractivity contribution is 7.98. The molecule has 8 heteroatoms. The molecule has 0 fully saturated rings. The van der Waals surface area contributed by atoms with Crippen LogP contribution in [-0.2, 0) is 5.75 Å². The van der Waals surface area contributed by atoms with Crippen LogP contribution in [-0.4, -0.2) is 24.9 Å². The van der Waals surface area contributed by atoms with E-state index in [1.54, 1.807) is 23.1 Å². The van der Waals surface area contributed by atoms with Crippen LogP contribution in [0.2, 0.25) is 5.02 Å². The van der Waals surface area contributed by atoms with Crippen LogP contribution in [0, 0.1) is 0 Å². The molecule has 2 aromatic carbocycles. The second-order valence-corrected chi connectivity index (χ2v) is 6.49. The minimum Gasteiger partial charge on any atom is -0.338 e. The highest BCUT2D eigenvalue weighted by Crippen LogP contribution is 2.22. The smallest absolute Gasteiger partial charge is 0.237 e. The summed E-state index contributed by atoms with van der Waals surface area (Å²) >= 11 is 7.32. The normalized spacial score (nSPS) is 10.9. The maximum absolute atomic E-state index is 5.88. The van der Waals surface area contributed by atoms with Gasteiger partial charge in [0.25, 0.3) is 0 Å². The van der Waals surface area contributed by atoms with Crippen LogP contribution in [0.5, 0.6) is 0 Å². The molecular formula is C17H12ClN5OS. The zero-order valence-electron chi connectivity index (χ0n) is 12.9. The van der Waals surface area contributed by atoms with Crippen molar-refractivity contribution < 1.29 is 4.52 Å². The van der Waals surface area contributed by atoms with E-state index in [0.717, 1.165) is 11.3 Å². The van der Waals surface area contributed by atoms with E-state index in [1.165, 1.54) is 11.8 Å². The molecule has 0 N–H and O–H groups in total. The molecule has 0 aliphatic carbocycles. The molecule has 6 nitrogen and oxygen atoms in total. The van der Waals surface area contributed by atoms with Crippen LogP contribution in [0.3, 0.4) is 0 Å². The van der Waals surface area contributed by atoms with Crippen molar-refractivity contribution in [2.75, 3.05) is 0 Å². The summed E-state index contributed by atoms with van der Waals surface area (Å²) in [5.74, 6) is 1.56. The first-order valence-electron chi connectivity index (χ1n) is 7.46. The summed E-state index contributed by atoms with van der Waals surface area (Å²) in [5, 5.41) is 9.74. The fourth-order valence-corrected chi connectivity index (χ4v) is 2.94. The van der Waals surface area contributed by atoms with Crippen LogP contribution in [0.25, 0.3) is 17.1 Å². The van der Waals surface area contributed by atoms with E-state index >= 15 is 0 Å². The summed E-state index contributed by atoms with van der Waals surface area (Å²) in [5.41, 5.74) is 1.82. The van der Waals surface area contributed by atoms with Gasteiger partial charge in [0.05, 0.1) is 11.4 Å². The molecule has 2 heterocycles. The molecule has 0 spiro atoms. The Bertz CT molecular complexity index is 968. The Morgan fingerprint density at radius 3 is 2.64 bits per heavy atom. The average molecular weight is 370 g/mol. The Morgan fingerprint density at radius 2 is 1.84 bits per heavy atom. The van der Waals surface area contributed by atoms with E-state index < -0.39 is 0 Å². The lowest BCUT2D eigenvalue weighted by Crippen LogP contribution is -1.93. The Balaban J connectivity index is 1.42. The summed E-state index contributed by atoms with van der Waals surface area (Å²) in [7, 11) is 0. The van der Waals surface area contributed by atoms with Gasteiger partial charge in [-0.1, -0.05) is 46.7 Å². The lowest BCUT2D eigenvalue weighted by Gasteiger charge is -1.97. The lowest BCUT2D eigenvalue weighted by molar-refractivity contribution is 0.391. The van der Waals surface area contributed by atoms with Gasteiger partial charge in [-0.2, -0.15) is 4.98 Å². The maximum Gasteiger partial charge on any atom is 0.237 e. The predicted octanol–water partition coefficient (Wildman–Crippen LogP) is 4.26. The van der Waals surface area contributed by atoms with Gasteiger partial charge in [-0.05, 0) is 36.4 Å². The van der Waals surface area contributed by atoms with Crippen LogP contribution in [0.4, 0.5) is 0 Å². The second-order valence-electron chi connectivity index (χ2n) is 5.11. The van der Waals surface area contributed by atoms with Crippen LogP contribution >= 0.6 is 23.4 Å². The zero-order chi connectivity index (χ0) is 17.1. The maximum atomic E-state index is 5.88. The van der Waals surface area contributed by atoms with Crippen molar-refractivity contribution >= 4 is 23.4 Å². The average Bonchev–Trinajstić information content (AvgIpc) is 3.31. The Labute approximate surface area is 152 Å². The molecule has 0 atom stereocenters. The van der Waals surface area contributed by atoms with E-state index in [4.69, 9.17) is 16.1 Å². The summed E-state index contributed by atoms with van der Waals surface area (Å²) in [6, 6.07) is 17.1. The first-order valence-corrected chi connectivity index (χ1v) is 8.83. The van der Waals surface area contributed by atoms with Gasteiger partial charge in [0, 0.05) is 10.6 Å². The quantitative estimate of drug-likeness (QED) is 0.489. The van der Waals surface area contributed by atoms with Crippen LogP contribution in [0.1, 0.15) is 5.89 Å². The Morgan fingerprint density at radius 1 is 1.04 bits per heavy atom. The van der Waals surface area contributed by atoms with E-state index in [-0.39, 0.29) is 0 Å². The van der Waals surface area contributed by atoms with Gasteiger partial charge < -0.3 is 4.52 Å². The molecule has 4 rings (SSSR count). The fraction of sp³-hybridized carbons (Fsp3) is 0.0588. The Hall–Kier alpha value is -2.64. The highest BCUT2D eigenvalue weighted by atomic mass is 35.5. The molecule has 25 heavy (non-hydrogen) atoms. The molecule has 0 aliphatic rings. The molecule has 2 aromatic heterocycles. The second kappa shape index (κ2) is 7.08. The van der Waals surface area contributed by atoms with Gasteiger partial charge >= 0.3 is 0 Å². The lowest BCUT2D eigenvalue weighted by atomic mass is 10.2. The van der Waals surface area contributed by atoms with Crippen molar-refractivity contribution in [3.63, 3.8) is 0 Å².